The Morgan fingerprint density at radius 3 is 2.67 bits per heavy atom. The number of nitro groups is 1. The van der Waals surface area contributed by atoms with Gasteiger partial charge in [0.05, 0.1) is 11.0 Å². The monoisotopic (exact) mass is 294 g/mol. The van der Waals surface area contributed by atoms with Crippen LogP contribution in [-0.4, -0.2) is 17.6 Å². The van der Waals surface area contributed by atoms with Gasteiger partial charge in [0, 0.05) is 6.54 Å². The molecule has 0 aromatic heterocycles. The molecular weight excluding hydrogens is 268 g/mol. The number of rotatable bonds is 10. The minimum atomic E-state index is -0.378. The molecule has 0 fully saturated rings. The average molecular weight is 294 g/mol. The van der Waals surface area contributed by atoms with E-state index in [4.69, 9.17) is 4.74 Å². The van der Waals surface area contributed by atoms with Gasteiger partial charge in [-0.15, -0.1) is 0 Å². The van der Waals surface area contributed by atoms with Gasteiger partial charge in [-0.1, -0.05) is 32.3 Å². The predicted molar refractivity (Wildman–Crippen MR) is 86.1 cm³/mol. The third-order valence-electron chi connectivity index (χ3n) is 3.34. The molecule has 0 spiro atoms. The summed E-state index contributed by atoms with van der Waals surface area (Å²) >= 11 is 0. The zero-order valence-corrected chi connectivity index (χ0v) is 13.2. The lowest BCUT2D eigenvalue weighted by Gasteiger charge is -2.16. The summed E-state index contributed by atoms with van der Waals surface area (Å²) in [6.07, 6.45) is 5.60. The Morgan fingerprint density at radius 2 is 2.05 bits per heavy atom. The first-order chi connectivity index (χ1) is 10.1. The fourth-order valence-electron chi connectivity index (χ4n) is 2.27. The summed E-state index contributed by atoms with van der Waals surface area (Å²) in [5.74, 6) is 0.349. The van der Waals surface area contributed by atoms with Gasteiger partial charge in [-0.25, -0.2) is 0 Å². The van der Waals surface area contributed by atoms with Crippen molar-refractivity contribution < 1.29 is 9.66 Å². The number of nitrogens with zero attached hydrogens (tertiary/aromatic N) is 1. The van der Waals surface area contributed by atoms with Crippen molar-refractivity contribution in [2.24, 2.45) is 0 Å². The highest BCUT2D eigenvalue weighted by molar-refractivity contribution is 5.68. The number of anilines is 1. The molecule has 1 atom stereocenters. The van der Waals surface area contributed by atoms with Crippen LogP contribution in [0.3, 0.4) is 0 Å². The fraction of sp³-hybridized carbons (Fsp3) is 0.625. The molecule has 0 aliphatic carbocycles. The molecule has 0 aliphatic rings. The van der Waals surface area contributed by atoms with Crippen LogP contribution in [0.5, 0.6) is 5.75 Å². The van der Waals surface area contributed by atoms with Gasteiger partial charge in [0.1, 0.15) is 5.69 Å². The van der Waals surface area contributed by atoms with E-state index < -0.39 is 0 Å². The van der Waals surface area contributed by atoms with Gasteiger partial charge in [-0.3, -0.25) is 10.1 Å². The molecule has 0 radical (unpaired) electrons. The number of ether oxygens (including phenoxy) is 1. The molecule has 118 valence electrons. The molecule has 0 saturated carbocycles. The van der Waals surface area contributed by atoms with Crippen LogP contribution in [0.4, 0.5) is 11.4 Å². The summed E-state index contributed by atoms with van der Waals surface area (Å²) in [7, 11) is 0. The molecular formula is C16H26N2O3. The third kappa shape index (κ3) is 5.61. The van der Waals surface area contributed by atoms with Crippen molar-refractivity contribution >= 4 is 11.4 Å². The highest BCUT2D eigenvalue weighted by Gasteiger charge is 2.21. The van der Waals surface area contributed by atoms with E-state index in [1.54, 1.807) is 18.2 Å². The number of hydrogen-bond acceptors (Lipinski definition) is 4. The number of unbranched alkanes of at least 4 members (excludes halogenated alkanes) is 3. The maximum Gasteiger partial charge on any atom is 0.333 e. The van der Waals surface area contributed by atoms with Crippen LogP contribution in [0.25, 0.3) is 0 Å². The SMILES string of the molecule is CCCCCCC(C)Oc1cccc(NCC)c1[N+](=O)[O-]. The number of hydrogen-bond donors (Lipinski definition) is 1. The van der Waals surface area contributed by atoms with Gasteiger partial charge < -0.3 is 10.1 Å². The second kappa shape index (κ2) is 9.21. The van der Waals surface area contributed by atoms with Crippen LogP contribution in [0, 0.1) is 10.1 Å². The molecule has 5 nitrogen and oxygen atoms in total. The van der Waals surface area contributed by atoms with E-state index in [9.17, 15) is 10.1 Å². The Kier molecular flexibility index (Phi) is 7.58. The molecule has 1 rings (SSSR count). The molecule has 0 bridgehead atoms. The summed E-state index contributed by atoms with van der Waals surface area (Å²) in [6.45, 7) is 6.69. The molecule has 1 N–H and O–H groups in total. The Bertz CT molecular complexity index is 449. The summed E-state index contributed by atoms with van der Waals surface area (Å²) in [4.78, 5) is 10.9. The average Bonchev–Trinajstić information content (AvgIpc) is 2.44. The minimum Gasteiger partial charge on any atom is -0.484 e. The van der Waals surface area contributed by atoms with Crippen molar-refractivity contribution in [2.45, 2.75) is 59.0 Å². The Labute approximate surface area is 126 Å². The van der Waals surface area contributed by atoms with E-state index in [1.165, 1.54) is 19.3 Å². The van der Waals surface area contributed by atoms with Crippen molar-refractivity contribution in [3.8, 4) is 5.75 Å². The highest BCUT2D eigenvalue weighted by atomic mass is 16.6. The lowest BCUT2D eigenvalue weighted by Crippen LogP contribution is -2.13. The predicted octanol–water partition coefficient (Wildman–Crippen LogP) is 4.76. The van der Waals surface area contributed by atoms with E-state index >= 15 is 0 Å². The van der Waals surface area contributed by atoms with Crippen LogP contribution in [-0.2, 0) is 0 Å². The smallest absolute Gasteiger partial charge is 0.333 e. The topological polar surface area (TPSA) is 64.4 Å². The summed E-state index contributed by atoms with van der Waals surface area (Å²) < 4.78 is 5.79. The van der Waals surface area contributed by atoms with Crippen LogP contribution in [0.15, 0.2) is 18.2 Å². The van der Waals surface area contributed by atoms with Crippen LogP contribution in [0.1, 0.15) is 52.9 Å². The van der Waals surface area contributed by atoms with Gasteiger partial charge in [-0.2, -0.15) is 0 Å². The van der Waals surface area contributed by atoms with Gasteiger partial charge in [0.2, 0.25) is 0 Å². The van der Waals surface area contributed by atoms with E-state index in [-0.39, 0.29) is 16.7 Å². The molecule has 0 saturated heterocycles. The maximum absolute atomic E-state index is 11.3. The first-order valence-electron chi connectivity index (χ1n) is 7.78. The Morgan fingerprint density at radius 1 is 1.29 bits per heavy atom. The first-order valence-corrected chi connectivity index (χ1v) is 7.78. The van der Waals surface area contributed by atoms with Crippen molar-refractivity contribution in [3.05, 3.63) is 28.3 Å². The molecule has 1 unspecified atom stereocenters. The van der Waals surface area contributed by atoms with Crippen molar-refractivity contribution in [1.82, 2.24) is 0 Å². The van der Waals surface area contributed by atoms with Crippen LogP contribution in [0.2, 0.25) is 0 Å². The number of para-hydroxylation sites is 1. The number of benzene rings is 1. The van der Waals surface area contributed by atoms with Crippen molar-refractivity contribution in [3.63, 3.8) is 0 Å². The molecule has 5 heteroatoms. The molecule has 0 amide bonds. The van der Waals surface area contributed by atoms with Gasteiger partial charge >= 0.3 is 5.69 Å². The minimum absolute atomic E-state index is 0.0163. The van der Waals surface area contributed by atoms with Crippen LogP contribution < -0.4 is 10.1 Å². The maximum atomic E-state index is 11.3. The number of nitro benzene ring substituents is 1. The lowest BCUT2D eigenvalue weighted by atomic mass is 10.1. The van der Waals surface area contributed by atoms with Crippen molar-refractivity contribution in [2.75, 3.05) is 11.9 Å². The molecule has 1 aromatic carbocycles. The van der Waals surface area contributed by atoms with E-state index in [1.807, 2.05) is 13.8 Å². The summed E-state index contributed by atoms with van der Waals surface area (Å²) in [5, 5.41) is 14.3. The first kappa shape index (κ1) is 17.3. The normalized spacial score (nSPS) is 12.0. The molecule has 21 heavy (non-hydrogen) atoms. The Hall–Kier alpha value is -1.78. The second-order valence-electron chi connectivity index (χ2n) is 5.22. The molecule has 0 aliphatic heterocycles. The largest absolute Gasteiger partial charge is 0.484 e. The van der Waals surface area contributed by atoms with Gasteiger partial charge in [0.15, 0.2) is 5.75 Å². The van der Waals surface area contributed by atoms with Gasteiger partial charge in [0.25, 0.3) is 0 Å². The summed E-state index contributed by atoms with van der Waals surface area (Å²) in [5.41, 5.74) is 0.540. The second-order valence-corrected chi connectivity index (χ2v) is 5.22. The quantitative estimate of drug-likeness (QED) is 0.384. The van der Waals surface area contributed by atoms with E-state index in [2.05, 4.69) is 12.2 Å². The van der Waals surface area contributed by atoms with Gasteiger partial charge in [-0.05, 0) is 38.8 Å². The standard InChI is InChI=1S/C16H26N2O3/c1-4-6-7-8-10-13(3)21-15-12-9-11-14(17-5-2)16(15)18(19)20/h9,11-13,17H,4-8,10H2,1-3H3. The van der Waals surface area contributed by atoms with Crippen LogP contribution >= 0.6 is 0 Å². The number of nitrogens with one attached hydrogen (secondary N) is 1. The zero-order chi connectivity index (χ0) is 15.7. The van der Waals surface area contributed by atoms with E-state index in [0.717, 1.165) is 12.8 Å². The third-order valence-corrected chi connectivity index (χ3v) is 3.34. The Balaban J connectivity index is 2.73. The zero-order valence-electron chi connectivity index (χ0n) is 13.2. The van der Waals surface area contributed by atoms with E-state index in [0.29, 0.717) is 18.0 Å². The lowest BCUT2D eigenvalue weighted by molar-refractivity contribution is -0.385. The molecule has 0 heterocycles. The molecule has 1 aromatic rings. The highest BCUT2D eigenvalue weighted by Crippen LogP contribution is 2.35. The summed E-state index contributed by atoms with van der Waals surface area (Å²) in [6, 6.07) is 5.16. The van der Waals surface area contributed by atoms with Crippen molar-refractivity contribution in [1.29, 1.82) is 0 Å². The fourth-order valence-corrected chi connectivity index (χ4v) is 2.27.